The van der Waals surface area contributed by atoms with Crippen LogP contribution in [-0.2, 0) is 22.4 Å². The maximum Gasteiger partial charge on any atom is 0.303 e. The van der Waals surface area contributed by atoms with E-state index in [1.807, 2.05) is 0 Å². The van der Waals surface area contributed by atoms with E-state index in [9.17, 15) is 9.59 Å². The van der Waals surface area contributed by atoms with Gasteiger partial charge in [0.25, 0.3) is 0 Å². The average Bonchev–Trinajstić information content (AvgIpc) is 2.59. The summed E-state index contributed by atoms with van der Waals surface area (Å²) < 4.78 is 5.31. The van der Waals surface area contributed by atoms with Gasteiger partial charge >= 0.3 is 5.97 Å². The topological polar surface area (TPSA) is 67.5 Å². The fraction of sp³-hybridized carbons (Fsp3) is 0.400. The number of carboxylic acid groups (broad SMARTS) is 1. The molecule has 0 aliphatic rings. The largest absolute Gasteiger partial charge is 0.481 e. The Bertz CT molecular complexity index is 314. The van der Waals surface area contributed by atoms with E-state index in [1.54, 1.807) is 12.1 Å². The molecule has 1 rings (SSSR count). The van der Waals surface area contributed by atoms with Crippen molar-refractivity contribution in [3.63, 3.8) is 0 Å². The molecule has 0 fully saturated rings. The number of carboxylic acids is 1. The van der Waals surface area contributed by atoms with Crippen molar-refractivity contribution in [2.45, 2.75) is 25.7 Å². The van der Waals surface area contributed by atoms with Gasteiger partial charge in [-0.2, -0.15) is 0 Å². The predicted octanol–water partition coefficient (Wildman–Crippen LogP) is 1.43. The fourth-order valence-electron chi connectivity index (χ4n) is 1.12. The third kappa shape index (κ3) is 3.43. The monoisotopic (exact) mass is 196 g/mol. The molecule has 0 aliphatic carbocycles. The summed E-state index contributed by atoms with van der Waals surface area (Å²) >= 11 is 0. The molecule has 0 unspecified atom stereocenters. The van der Waals surface area contributed by atoms with E-state index in [1.165, 1.54) is 0 Å². The van der Waals surface area contributed by atoms with Gasteiger partial charge in [-0.3, -0.25) is 4.79 Å². The minimum Gasteiger partial charge on any atom is -0.481 e. The first-order valence-corrected chi connectivity index (χ1v) is 4.45. The first-order chi connectivity index (χ1) is 6.72. The van der Waals surface area contributed by atoms with Crippen molar-refractivity contribution in [2.75, 3.05) is 0 Å². The summed E-state index contributed by atoms with van der Waals surface area (Å²) in [6.07, 6.45) is 2.32. The Morgan fingerprint density at radius 3 is 2.57 bits per heavy atom. The zero-order chi connectivity index (χ0) is 10.4. The van der Waals surface area contributed by atoms with E-state index in [0.29, 0.717) is 25.0 Å². The van der Waals surface area contributed by atoms with Crippen molar-refractivity contribution in [2.24, 2.45) is 0 Å². The van der Waals surface area contributed by atoms with E-state index in [0.717, 1.165) is 12.0 Å². The second-order valence-corrected chi connectivity index (χ2v) is 2.97. The number of carbonyl (C=O) groups excluding carboxylic acids is 1. The lowest BCUT2D eigenvalue weighted by molar-refractivity contribution is -0.137. The van der Waals surface area contributed by atoms with E-state index < -0.39 is 5.97 Å². The highest BCUT2D eigenvalue weighted by Gasteiger charge is 2.04. The average molecular weight is 196 g/mol. The molecular formula is C10H12O4. The molecule has 4 nitrogen and oxygen atoms in total. The second-order valence-electron chi connectivity index (χ2n) is 2.97. The van der Waals surface area contributed by atoms with Crippen LogP contribution in [-0.4, -0.2) is 17.4 Å². The number of rotatable bonds is 6. The van der Waals surface area contributed by atoms with Gasteiger partial charge in [0.15, 0.2) is 0 Å². The number of carbonyl (C=O) groups is 2. The van der Waals surface area contributed by atoms with Gasteiger partial charge < -0.3 is 14.3 Å². The van der Waals surface area contributed by atoms with Crippen LogP contribution in [0.5, 0.6) is 0 Å². The standard InChI is InChI=1S/C10H12O4/c11-7-1-2-8-3-4-9(14-8)5-6-10(12)13/h3-4,7H,1-2,5-6H2,(H,12,13). The maximum absolute atomic E-state index is 10.3. The Morgan fingerprint density at radius 2 is 2.00 bits per heavy atom. The minimum absolute atomic E-state index is 0.0701. The lowest BCUT2D eigenvalue weighted by Gasteiger charge is -1.93. The van der Waals surface area contributed by atoms with Crippen molar-refractivity contribution in [1.29, 1.82) is 0 Å². The van der Waals surface area contributed by atoms with Crippen LogP contribution in [0.15, 0.2) is 16.5 Å². The highest BCUT2D eigenvalue weighted by Crippen LogP contribution is 2.11. The van der Waals surface area contributed by atoms with Crippen molar-refractivity contribution in [1.82, 2.24) is 0 Å². The minimum atomic E-state index is -0.837. The van der Waals surface area contributed by atoms with Gasteiger partial charge in [0.1, 0.15) is 17.8 Å². The number of aldehydes is 1. The SMILES string of the molecule is O=CCCc1ccc(CCC(=O)O)o1. The molecule has 14 heavy (non-hydrogen) atoms. The number of aryl methyl sites for hydroxylation is 2. The molecule has 1 N–H and O–H groups in total. The van der Waals surface area contributed by atoms with E-state index in [2.05, 4.69) is 0 Å². The molecule has 0 radical (unpaired) electrons. The lowest BCUT2D eigenvalue weighted by Crippen LogP contribution is -1.96. The first-order valence-electron chi connectivity index (χ1n) is 4.45. The van der Waals surface area contributed by atoms with Crippen molar-refractivity contribution in [3.8, 4) is 0 Å². The highest BCUT2D eigenvalue weighted by atomic mass is 16.4. The van der Waals surface area contributed by atoms with Gasteiger partial charge in [0.2, 0.25) is 0 Å². The zero-order valence-corrected chi connectivity index (χ0v) is 7.73. The lowest BCUT2D eigenvalue weighted by atomic mass is 10.2. The molecule has 0 bridgehead atoms. The van der Waals surface area contributed by atoms with Gasteiger partial charge in [0, 0.05) is 19.3 Å². The summed E-state index contributed by atoms with van der Waals surface area (Å²) in [5.74, 6) is 0.557. The molecule has 1 aromatic rings. The molecule has 0 amide bonds. The predicted molar refractivity (Wildman–Crippen MR) is 49.0 cm³/mol. The molecule has 0 saturated heterocycles. The zero-order valence-electron chi connectivity index (χ0n) is 7.73. The molecule has 4 heteroatoms. The highest BCUT2D eigenvalue weighted by molar-refractivity contribution is 5.66. The molecule has 0 saturated carbocycles. The Kier molecular flexibility index (Phi) is 3.91. The van der Waals surface area contributed by atoms with Crippen LogP contribution in [0.1, 0.15) is 24.4 Å². The summed E-state index contributed by atoms with van der Waals surface area (Å²) in [6.45, 7) is 0. The number of hydrogen-bond acceptors (Lipinski definition) is 3. The number of furan rings is 1. The van der Waals surface area contributed by atoms with E-state index in [4.69, 9.17) is 9.52 Å². The van der Waals surface area contributed by atoms with Gasteiger partial charge in [-0.25, -0.2) is 0 Å². The van der Waals surface area contributed by atoms with Crippen LogP contribution < -0.4 is 0 Å². The molecular weight excluding hydrogens is 184 g/mol. The molecule has 0 spiro atoms. The van der Waals surface area contributed by atoms with Crippen LogP contribution in [0.3, 0.4) is 0 Å². The quantitative estimate of drug-likeness (QED) is 0.699. The summed E-state index contributed by atoms with van der Waals surface area (Å²) in [4.78, 5) is 20.3. The summed E-state index contributed by atoms with van der Waals surface area (Å²) in [6, 6.07) is 3.53. The smallest absolute Gasteiger partial charge is 0.303 e. The normalized spacial score (nSPS) is 10.0. The third-order valence-electron chi connectivity index (χ3n) is 1.81. The van der Waals surface area contributed by atoms with Gasteiger partial charge in [-0.1, -0.05) is 0 Å². The fourth-order valence-corrected chi connectivity index (χ4v) is 1.12. The molecule has 0 aromatic carbocycles. The van der Waals surface area contributed by atoms with Gasteiger partial charge in [-0.05, 0) is 12.1 Å². The first kappa shape index (κ1) is 10.5. The van der Waals surface area contributed by atoms with Crippen molar-refractivity contribution in [3.05, 3.63) is 23.7 Å². The Labute approximate surface area is 81.5 Å². The van der Waals surface area contributed by atoms with Gasteiger partial charge in [-0.15, -0.1) is 0 Å². The Balaban J connectivity index is 2.42. The molecule has 1 aromatic heterocycles. The van der Waals surface area contributed by atoms with Crippen LogP contribution >= 0.6 is 0 Å². The maximum atomic E-state index is 10.3. The molecule has 1 heterocycles. The van der Waals surface area contributed by atoms with Crippen LogP contribution in [0, 0.1) is 0 Å². The number of aliphatic carboxylic acids is 1. The van der Waals surface area contributed by atoms with Gasteiger partial charge in [0.05, 0.1) is 6.42 Å². The molecule has 0 atom stereocenters. The van der Waals surface area contributed by atoms with Crippen LogP contribution in [0.4, 0.5) is 0 Å². The summed E-state index contributed by atoms with van der Waals surface area (Å²) in [7, 11) is 0. The second kappa shape index (κ2) is 5.21. The Morgan fingerprint density at radius 1 is 1.36 bits per heavy atom. The van der Waals surface area contributed by atoms with E-state index >= 15 is 0 Å². The number of hydrogen-bond donors (Lipinski definition) is 1. The van der Waals surface area contributed by atoms with E-state index in [-0.39, 0.29) is 6.42 Å². The summed E-state index contributed by atoms with van der Waals surface area (Å²) in [5, 5.41) is 8.44. The van der Waals surface area contributed by atoms with Crippen molar-refractivity contribution < 1.29 is 19.1 Å². The van der Waals surface area contributed by atoms with Crippen LogP contribution in [0.2, 0.25) is 0 Å². The summed E-state index contributed by atoms with van der Waals surface area (Å²) in [5.41, 5.74) is 0. The third-order valence-corrected chi connectivity index (χ3v) is 1.81. The molecule has 76 valence electrons. The Hall–Kier alpha value is -1.58. The van der Waals surface area contributed by atoms with Crippen molar-refractivity contribution >= 4 is 12.3 Å². The van der Waals surface area contributed by atoms with Crippen LogP contribution in [0.25, 0.3) is 0 Å². The molecule has 0 aliphatic heterocycles.